The first-order valence-electron chi connectivity index (χ1n) is 7.62. The number of allylic oxidation sites excluding steroid dienone is 2. The Kier molecular flexibility index (Phi) is 3.41. The zero-order valence-corrected chi connectivity index (χ0v) is 13.0. The van der Waals surface area contributed by atoms with E-state index in [1.54, 1.807) is 12.3 Å². The van der Waals surface area contributed by atoms with Crippen molar-refractivity contribution in [2.24, 2.45) is 0 Å². The van der Waals surface area contributed by atoms with Crippen LogP contribution in [0.1, 0.15) is 54.2 Å². The molecule has 1 fully saturated rings. The average Bonchev–Trinajstić information content (AvgIpc) is 3.27. The van der Waals surface area contributed by atoms with E-state index in [1.165, 1.54) is 6.08 Å². The van der Waals surface area contributed by atoms with Gasteiger partial charge in [0.1, 0.15) is 16.6 Å². The van der Waals surface area contributed by atoms with Gasteiger partial charge in [-0.3, -0.25) is 9.20 Å². The third-order valence-corrected chi connectivity index (χ3v) is 4.47. The number of fused-ring (bicyclic) bond motifs is 1. The lowest BCUT2D eigenvalue weighted by Gasteiger charge is -2.12. The molecule has 2 aromatic rings. The number of pyridine rings is 1. The van der Waals surface area contributed by atoms with E-state index < -0.39 is 5.97 Å². The lowest BCUT2D eigenvalue weighted by atomic mass is 10.1. The number of rotatable bonds is 3. The molecule has 0 aromatic carbocycles. The Bertz CT molecular complexity index is 852. The first kappa shape index (κ1) is 14.4. The van der Waals surface area contributed by atoms with Crippen molar-refractivity contribution in [3.63, 3.8) is 0 Å². The van der Waals surface area contributed by atoms with Crippen LogP contribution in [0, 0.1) is 0 Å². The molecule has 2 heterocycles. The second-order valence-corrected chi connectivity index (χ2v) is 6.27. The molecule has 7 heteroatoms. The number of carbonyl (C=O) groups excluding carboxylic acids is 2. The van der Waals surface area contributed by atoms with Gasteiger partial charge in [-0.15, -0.1) is 10.2 Å². The summed E-state index contributed by atoms with van der Waals surface area (Å²) in [6.45, 7) is 0. The van der Waals surface area contributed by atoms with Crippen molar-refractivity contribution >= 4 is 29.0 Å². The van der Waals surface area contributed by atoms with Gasteiger partial charge < -0.3 is 4.74 Å². The summed E-state index contributed by atoms with van der Waals surface area (Å²) in [6, 6.07) is 1.61. The predicted molar refractivity (Wildman–Crippen MR) is 82.3 cm³/mol. The molecule has 0 atom stereocenters. The molecule has 1 saturated carbocycles. The van der Waals surface area contributed by atoms with Crippen molar-refractivity contribution in [3.8, 4) is 0 Å². The van der Waals surface area contributed by atoms with Crippen LogP contribution in [-0.2, 0) is 9.53 Å². The van der Waals surface area contributed by atoms with Crippen molar-refractivity contribution in [3.05, 3.63) is 40.5 Å². The molecular formula is C16H14ClN3O3. The van der Waals surface area contributed by atoms with Crippen LogP contribution in [0.25, 0.3) is 5.65 Å². The van der Waals surface area contributed by atoms with Gasteiger partial charge >= 0.3 is 5.97 Å². The highest BCUT2D eigenvalue weighted by atomic mass is 35.5. The minimum absolute atomic E-state index is 0.0212. The van der Waals surface area contributed by atoms with Crippen molar-refractivity contribution in [1.29, 1.82) is 0 Å². The third-order valence-electron chi connectivity index (χ3n) is 4.10. The van der Waals surface area contributed by atoms with Crippen LogP contribution >= 0.6 is 11.6 Å². The van der Waals surface area contributed by atoms with E-state index >= 15 is 0 Å². The number of hydrogen-bond acceptors (Lipinski definition) is 5. The largest absolute Gasteiger partial charge is 0.427 e. The van der Waals surface area contributed by atoms with Crippen LogP contribution in [-0.4, -0.2) is 26.4 Å². The van der Waals surface area contributed by atoms with Gasteiger partial charge in [0.15, 0.2) is 11.4 Å². The maximum atomic E-state index is 12.3. The summed E-state index contributed by atoms with van der Waals surface area (Å²) < 4.78 is 7.12. The fraction of sp³-hybridized carbons (Fsp3) is 0.375. The molecule has 0 bridgehead atoms. The summed E-state index contributed by atoms with van der Waals surface area (Å²) in [5.41, 5.74) is 0.685. The summed E-state index contributed by atoms with van der Waals surface area (Å²) in [7, 11) is 0. The summed E-state index contributed by atoms with van der Waals surface area (Å²) in [5, 5.41) is 8.47. The fourth-order valence-corrected chi connectivity index (χ4v) is 3.00. The molecule has 2 aromatic heterocycles. The van der Waals surface area contributed by atoms with Gasteiger partial charge in [0.2, 0.25) is 0 Å². The summed E-state index contributed by atoms with van der Waals surface area (Å²) in [4.78, 5) is 23.7. The number of aromatic nitrogens is 3. The molecule has 4 rings (SSSR count). The maximum Gasteiger partial charge on any atom is 0.344 e. The molecule has 0 saturated heterocycles. The second-order valence-electron chi connectivity index (χ2n) is 5.89. The molecular weight excluding hydrogens is 318 g/mol. The number of ketones is 1. The van der Waals surface area contributed by atoms with Gasteiger partial charge in [-0.05, 0) is 25.3 Å². The number of hydrogen-bond donors (Lipinski definition) is 0. The predicted octanol–water partition coefficient (Wildman–Crippen LogP) is 3.05. The van der Waals surface area contributed by atoms with Gasteiger partial charge in [-0.1, -0.05) is 11.6 Å². The topological polar surface area (TPSA) is 73.6 Å². The zero-order chi connectivity index (χ0) is 16.0. The van der Waals surface area contributed by atoms with Gasteiger partial charge in [0, 0.05) is 31.0 Å². The molecule has 2 aliphatic rings. The number of ether oxygens (including phenoxy) is 1. The van der Waals surface area contributed by atoms with E-state index in [-0.39, 0.29) is 16.4 Å². The monoisotopic (exact) mass is 331 g/mol. The molecule has 23 heavy (non-hydrogen) atoms. The molecule has 0 unspecified atom stereocenters. The van der Waals surface area contributed by atoms with Crippen molar-refractivity contribution < 1.29 is 14.3 Å². The quantitative estimate of drug-likeness (QED) is 0.808. The van der Waals surface area contributed by atoms with E-state index in [1.807, 2.05) is 4.40 Å². The Morgan fingerprint density at radius 2 is 2.13 bits per heavy atom. The smallest absolute Gasteiger partial charge is 0.344 e. The van der Waals surface area contributed by atoms with E-state index in [2.05, 4.69) is 10.2 Å². The number of carbonyl (C=O) groups is 2. The fourth-order valence-electron chi connectivity index (χ4n) is 2.74. The summed E-state index contributed by atoms with van der Waals surface area (Å²) in [6.07, 6.45) is 7.10. The summed E-state index contributed by atoms with van der Waals surface area (Å²) in [5.74, 6) is 1.10. The Morgan fingerprint density at radius 3 is 2.87 bits per heavy atom. The van der Waals surface area contributed by atoms with Crippen molar-refractivity contribution in [2.45, 2.75) is 38.0 Å². The second kappa shape index (κ2) is 5.45. The zero-order valence-electron chi connectivity index (χ0n) is 12.3. The van der Waals surface area contributed by atoms with Gasteiger partial charge in [-0.2, -0.15) is 0 Å². The van der Waals surface area contributed by atoms with Crippen LogP contribution in [0.2, 0.25) is 5.02 Å². The maximum absolute atomic E-state index is 12.3. The van der Waals surface area contributed by atoms with Gasteiger partial charge in [0.05, 0.1) is 5.56 Å². The van der Waals surface area contributed by atoms with E-state index in [9.17, 15) is 9.59 Å². The Balaban J connectivity index is 1.64. The minimum Gasteiger partial charge on any atom is -0.427 e. The van der Waals surface area contributed by atoms with Crippen LogP contribution in [0.5, 0.6) is 0 Å². The van der Waals surface area contributed by atoms with Crippen LogP contribution in [0.15, 0.2) is 24.1 Å². The molecule has 0 amide bonds. The normalized spacial score (nSPS) is 18.1. The Labute approximate surface area is 137 Å². The van der Waals surface area contributed by atoms with Crippen LogP contribution in [0.3, 0.4) is 0 Å². The highest BCUT2D eigenvalue weighted by Crippen LogP contribution is 2.39. The lowest BCUT2D eigenvalue weighted by Crippen LogP contribution is -2.11. The molecule has 2 aliphatic carbocycles. The van der Waals surface area contributed by atoms with E-state index in [0.717, 1.165) is 18.7 Å². The average molecular weight is 332 g/mol. The van der Waals surface area contributed by atoms with Crippen LogP contribution in [0.4, 0.5) is 0 Å². The number of nitrogens with zero attached hydrogens (tertiary/aromatic N) is 3. The molecule has 0 aliphatic heterocycles. The van der Waals surface area contributed by atoms with E-state index in [4.69, 9.17) is 16.3 Å². The third kappa shape index (κ3) is 2.63. The van der Waals surface area contributed by atoms with Crippen LogP contribution < -0.4 is 0 Å². The van der Waals surface area contributed by atoms with Crippen molar-refractivity contribution in [1.82, 2.24) is 14.6 Å². The first-order chi connectivity index (χ1) is 11.1. The first-order valence-corrected chi connectivity index (χ1v) is 8.00. The summed E-state index contributed by atoms with van der Waals surface area (Å²) >= 11 is 6.31. The number of esters is 1. The standard InChI is InChI=1S/C16H14ClN3O3/c17-13-12(16(22)23-11-3-1-2-10(21)8-11)6-7-20-14(9-4-5-9)18-19-15(13)20/h6-9H,1-5H2. The molecule has 0 spiro atoms. The lowest BCUT2D eigenvalue weighted by molar-refractivity contribution is -0.115. The Morgan fingerprint density at radius 1 is 1.30 bits per heavy atom. The minimum atomic E-state index is -0.575. The molecule has 0 N–H and O–H groups in total. The van der Waals surface area contributed by atoms with Gasteiger partial charge in [0.25, 0.3) is 0 Å². The SMILES string of the molecule is O=C1C=C(OC(=O)c2ccn3c(C4CC4)nnc3c2Cl)CCC1. The molecule has 0 radical (unpaired) electrons. The van der Waals surface area contributed by atoms with E-state index in [0.29, 0.717) is 36.6 Å². The Hall–Kier alpha value is -2.21. The molecule has 118 valence electrons. The highest BCUT2D eigenvalue weighted by Gasteiger charge is 2.30. The number of halogens is 1. The molecule has 6 nitrogen and oxygen atoms in total. The van der Waals surface area contributed by atoms with Gasteiger partial charge in [-0.25, -0.2) is 4.79 Å². The highest BCUT2D eigenvalue weighted by molar-refractivity contribution is 6.36. The van der Waals surface area contributed by atoms with Crippen molar-refractivity contribution in [2.75, 3.05) is 0 Å².